The number of ether oxygens (including phenoxy) is 1. The highest BCUT2D eigenvalue weighted by atomic mass is 16.5. The summed E-state index contributed by atoms with van der Waals surface area (Å²) in [5, 5.41) is 3.13. The molecule has 132 valence electrons. The number of hydrogen-bond acceptors (Lipinski definition) is 4. The minimum atomic E-state index is -0.0801. The van der Waals surface area contributed by atoms with Crippen molar-refractivity contribution in [1.82, 2.24) is 10.3 Å². The second kappa shape index (κ2) is 8.01. The van der Waals surface area contributed by atoms with Crippen molar-refractivity contribution in [1.29, 1.82) is 0 Å². The lowest BCUT2D eigenvalue weighted by atomic mass is 10.0. The van der Waals surface area contributed by atoms with Crippen molar-refractivity contribution in [2.24, 2.45) is 0 Å². The van der Waals surface area contributed by atoms with Gasteiger partial charge in [-0.2, -0.15) is 0 Å². The number of nitrogens with one attached hydrogen (secondary N) is 1. The third-order valence-corrected chi connectivity index (χ3v) is 4.23. The maximum atomic E-state index is 12.5. The van der Waals surface area contributed by atoms with Crippen molar-refractivity contribution in [2.75, 3.05) is 18.0 Å². The maximum absolute atomic E-state index is 12.5. The molecule has 2 aromatic rings. The van der Waals surface area contributed by atoms with Crippen LogP contribution in [0.4, 0.5) is 5.69 Å². The van der Waals surface area contributed by atoms with Crippen molar-refractivity contribution < 1.29 is 9.53 Å². The van der Waals surface area contributed by atoms with E-state index in [0.717, 1.165) is 25.9 Å². The number of carbonyl (C=O) groups excluding carboxylic acids is 1. The Hall–Kier alpha value is -2.56. The van der Waals surface area contributed by atoms with Gasteiger partial charge in [0.2, 0.25) is 5.88 Å². The Labute approximate surface area is 149 Å². The summed E-state index contributed by atoms with van der Waals surface area (Å²) < 4.78 is 5.51. The van der Waals surface area contributed by atoms with E-state index in [2.05, 4.69) is 27.3 Å². The van der Waals surface area contributed by atoms with Crippen molar-refractivity contribution in [3.63, 3.8) is 0 Å². The number of para-hydroxylation sites is 1. The Kier molecular flexibility index (Phi) is 5.53. The Morgan fingerprint density at radius 3 is 2.72 bits per heavy atom. The lowest BCUT2D eigenvalue weighted by Gasteiger charge is -2.34. The fourth-order valence-electron chi connectivity index (χ4n) is 3.06. The Balaban J connectivity index is 1.58. The van der Waals surface area contributed by atoms with Gasteiger partial charge in [0, 0.05) is 37.1 Å². The van der Waals surface area contributed by atoms with E-state index in [-0.39, 0.29) is 18.1 Å². The highest BCUT2D eigenvalue weighted by molar-refractivity contribution is 5.94. The Morgan fingerprint density at radius 2 is 2.04 bits per heavy atom. The van der Waals surface area contributed by atoms with Gasteiger partial charge in [0.15, 0.2) is 0 Å². The summed E-state index contributed by atoms with van der Waals surface area (Å²) in [7, 11) is 0. The molecule has 0 spiro atoms. The van der Waals surface area contributed by atoms with Crippen LogP contribution >= 0.6 is 0 Å². The standard InChI is InChI=1S/C20H25N3O2/c1-15(2)25-19-11-10-16(13-21-19)20(24)22-17-7-6-12-23(14-17)18-8-4-3-5-9-18/h3-5,8-11,13,15,17H,6-7,12,14H2,1-2H3,(H,22,24). The molecule has 1 aliphatic rings. The summed E-state index contributed by atoms with van der Waals surface area (Å²) in [4.78, 5) is 19.0. The van der Waals surface area contributed by atoms with Crippen molar-refractivity contribution in [3.05, 3.63) is 54.2 Å². The molecular weight excluding hydrogens is 314 g/mol. The number of pyridine rings is 1. The number of benzene rings is 1. The van der Waals surface area contributed by atoms with Crippen LogP contribution in [0, 0.1) is 0 Å². The number of carbonyl (C=O) groups is 1. The van der Waals surface area contributed by atoms with Gasteiger partial charge in [0.1, 0.15) is 0 Å². The van der Waals surface area contributed by atoms with Crippen molar-refractivity contribution in [3.8, 4) is 5.88 Å². The molecule has 0 radical (unpaired) electrons. The van der Waals surface area contributed by atoms with E-state index in [0.29, 0.717) is 11.4 Å². The van der Waals surface area contributed by atoms with Crippen LogP contribution < -0.4 is 15.0 Å². The normalized spacial score (nSPS) is 17.4. The predicted octanol–water partition coefficient (Wildman–Crippen LogP) is 3.27. The molecule has 1 fully saturated rings. The summed E-state index contributed by atoms with van der Waals surface area (Å²) in [5.41, 5.74) is 1.77. The molecule has 0 saturated carbocycles. The predicted molar refractivity (Wildman–Crippen MR) is 99.1 cm³/mol. The van der Waals surface area contributed by atoms with Gasteiger partial charge in [-0.3, -0.25) is 4.79 Å². The zero-order valence-electron chi connectivity index (χ0n) is 14.8. The number of aromatic nitrogens is 1. The summed E-state index contributed by atoms with van der Waals surface area (Å²) in [6.45, 7) is 5.75. The summed E-state index contributed by atoms with van der Waals surface area (Å²) in [6.07, 6.45) is 3.71. The Bertz CT molecular complexity index is 686. The third-order valence-electron chi connectivity index (χ3n) is 4.23. The first kappa shape index (κ1) is 17.3. The number of hydrogen-bond donors (Lipinski definition) is 1. The van der Waals surface area contributed by atoms with Crippen LogP contribution in [-0.2, 0) is 0 Å². The minimum Gasteiger partial charge on any atom is -0.475 e. The molecule has 5 nitrogen and oxygen atoms in total. The molecule has 3 rings (SSSR count). The number of anilines is 1. The molecule has 1 unspecified atom stereocenters. The van der Waals surface area contributed by atoms with Gasteiger partial charge in [-0.05, 0) is 44.9 Å². The average molecular weight is 339 g/mol. The van der Waals surface area contributed by atoms with Gasteiger partial charge in [0.05, 0.1) is 11.7 Å². The van der Waals surface area contributed by atoms with Gasteiger partial charge in [-0.1, -0.05) is 18.2 Å². The maximum Gasteiger partial charge on any atom is 0.253 e. The molecule has 0 aliphatic carbocycles. The van der Waals surface area contributed by atoms with Crippen LogP contribution in [0.1, 0.15) is 37.0 Å². The molecular formula is C20H25N3O2. The highest BCUT2D eigenvalue weighted by Gasteiger charge is 2.22. The fourth-order valence-corrected chi connectivity index (χ4v) is 3.06. The fraction of sp³-hybridized carbons (Fsp3) is 0.400. The monoisotopic (exact) mass is 339 g/mol. The number of amides is 1. The SMILES string of the molecule is CC(C)Oc1ccc(C(=O)NC2CCCN(c3ccccc3)C2)cn1. The molecule has 0 bridgehead atoms. The molecule has 1 saturated heterocycles. The first-order valence-corrected chi connectivity index (χ1v) is 8.85. The number of rotatable bonds is 5. The number of piperidine rings is 1. The molecule has 1 aliphatic heterocycles. The number of nitrogens with zero attached hydrogens (tertiary/aromatic N) is 2. The molecule has 1 atom stereocenters. The van der Waals surface area contributed by atoms with Gasteiger partial charge in [-0.15, -0.1) is 0 Å². The lowest BCUT2D eigenvalue weighted by molar-refractivity contribution is 0.0932. The van der Waals surface area contributed by atoms with Crippen molar-refractivity contribution in [2.45, 2.75) is 38.8 Å². The van der Waals surface area contributed by atoms with Crippen LogP contribution in [0.2, 0.25) is 0 Å². The van der Waals surface area contributed by atoms with Gasteiger partial charge in [-0.25, -0.2) is 4.98 Å². The first-order chi connectivity index (χ1) is 12.1. The smallest absolute Gasteiger partial charge is 0.253 e. The van der Waals surface area contributed by atoms with E-state index in [9.17, 15) is 4.79 Å². The van der Waals surface area contributed by atoms with Crippen LogP contribution in [0.25, 0.3) is 0 Å². The molecule has 5 heteroatoms. The molecule has 1 amide bonds. The first-order valence-electron chi connectivity index (χ1n) is 8.85. The van der Waals surface area contributed by atoms with Crippen LogP contribution in [0.3, 0.4) is 0 Å². The molecule has 1 N–H and O–H groups in total. The zero-order chi connectivity index (χ0) is 17.6. The molecule has 2 heterocycles. The zero-order valence-corrected chi connectivity index (χ0v) is 14.8. The highest BCUT2D eigenvalue weighted by Crippen LogP contribution is 2.19. The van der Waals surface area contributed by atoms with Gasteiger partial charge in [0.25, 0.3) is 5.91 Å². The van der Waals surface area contributed by atoms with E-state index in [1.165, 1.54) is 5.69 Å². The molecule has 25 heavy (non-hydrogen) atoms. The summed E-state index contributed by atoms with van der Waals surface area (Å²) in [5.74, 6) is 0.461. The van der Waals surface area contributed by atoms with Crippen LogP contribution in [0.15, 0.2) is 48.7 Å². The van der Waals surface area contributed by atoms with Crippen LogP contribution in [0.5, 0.6) is 5.88 Å². The summed E-state index contributed by atoms with van der Waals surface area (Å²) >= 11 is 0. The van der Waals surface area contributed by atoms with E-state index >= 15 is 0 Å². The second-order valence-electron chi connectivity index (χ2n) is 6.65. The Morgan fingerprint density at radius 1 is 1.24 bits per heavy atom. The largest absolute Gasteiger partial charge is 0.475 e. The quantitative estimate of drug-likeness (QED) is 0.908. The van der Waals surface area contributed by atoms with Gasteiger partial charge < -0.3 is 15.0 Å². The average Bonchev–Trinajstić information content (AvgIpc) is 2.63. The van der Waals surface area contributed by atoms with E-state index < -0.39 is 0 Å². The minimum absolute atomic E-state index is 0.0679. The third kappa shape index (κ3) is 4.72. The van der Waals surface area contributed by atoms with Crippen molar-refractivity contribution >= 4 is 11.6 Å². The second-order valence-corrected chi connectivity index (χ2v) is 6.65. The molecule has 1 aromatic heterocycles. The topological polar surface area (TPSA) is 54.5 Å². The van der Waals surface area contributed by atoms with E-state index in [1.54, 1.807) is 18.3 Å². The van der Waals surface area contributed by atoms with Gasteiger partial charge >= 0.3 is 0 Å². The van der Waals surface area contributed by atoms with Crippen LogP contribution in [-0.4, -0.2) is 36.1 Å². The van der Waals surface area contributed by atoms with E-state index in [4.69, 9.17) is 4.74 Å². The molecule has 1 aromatic carbocycles. The summed E-state index contributed by atoms with van der Waals surface area (Å²) in [6, 6.07) is 14.0. The van der Waals surface area contributed by atoms with E-state index in [1.807, 2.05) is 32.0 Å². The lowest BCUT2D eigenvalue weighted by Crippen LogP contribution is -2.47.